The molecule has 98 valence electrons. The van der Waals surface area contributed by atoms with Crippen molar-refractivity contribution in [2.45, 2.75) is 76.7 Å². The van der Waals surface area contributed by atoms with Crippen LogP contribution in [0.4, 0.5) is 0 Å². The second-order valence-corrected chi connectivity index (χ2v) is 5.73. The van der Waals surface area contributed by atoms with Gasteiger partial charge in [-0.25, -0.2) is 0 Å². The van der Waals surface area contributed by atoms with Crippen LogP contribution in [0.5, 0.6) is 0 Å². The van der Waals surface area contributed by atoms with Gasteiger partial charge in [0.05, 0.1) is 6.10 Å². The minimum absolute atomic E-state index is 0.314. The molecule has 0 unspecified atom stereocenters. The van der Waals surface area contributed by atoms with Crippen molar-refractivity contribution in [3.05, 3.63) is 0 Å². The summed E-state index contributed by atoms with van der Waals surface area (Å²) in [5, 5.41) is 0. The summed E-state index contributed by atoms with van der Waals surface area (Å²) >= 11 is 0. The molecular weight excluding hydrogens is 212 g/mol. The lowest BCUT2D eigenvalue weighted by Gasteiger charge is -2.22. The average Bonchev–Trinajstić information content (AvgIpc) is 2.65. The van der Waals surface area contributed by atoms with Crippen molar-refractivity contribution in [2.75, 3.05) is 6.61 Å². The zero-order valence-electron chi connectivity index (χ0n) is 11.0. The van der Waals surface area contributed by atoms with E-state index in [0.29, 0.717) is 24.4 Å². The normalized spacial score (nSPS) is 24.5. The number of ketones is 1. The molecule has 2 rings (SSSR count). The molecule has 2 fully saturated rings. The Labute approximate surface area is 105 Å². The van der Waals surface area contributed by atoms with Crippen LogP contribution in [0.3, 0.4) is 0 Å². The van der Waals surface area contributed by atoms with Crippen molar-refractivity contribution in [3.63, 3.8) is 0 Å². The predicted octanol–water partition coefficient (Wildman–Crippen LogP) is 3.88. The quantitative estimate of drug-likeness (QED) is 0.695. The molecule has 2 aliphatic rings. The molecule has 0 aliphatic heterocycles. The molecule has 17 heavy (non-hydrogen) atoms. The van der Waals surface area contributed by atoms with Gasteiger partial charge in [-0.3, -0.25) is 4.79 Å². The van der Waals surface area contributed by atoms with Crippen LogP contribution >= 0.6 is 0 Å². The fraction of sp³-hybridized carbons (Fsp3) is 0.933. The summed E-state index contributed by atoms with van der Waals surface area (Å²) < 4.78 is 5.83. The van der Waals surface area contributed by atoms with Gasteiger partial charge in [0, 0.05) is 5.92 Å². The molecule has 0 bridgehead atoms. The Balaban J connectivity index is 1.67. The number of carbonyl (C=O) groups excluding carboxylic acids is 1. The van der Waals surface area contributed by atoms with Gasteiger partial charge in [-0.05, 0) is 25.7 Å². The summed E-state index contributed by atoms with van der Waals surface area (Å²) in [5.41, 5.74) is 0. The van der Waals surface area contributed by atoms with E-state index in [9.17, 15) is 4.79 Å². The number of rotatable bonds is 4. The number of hydrogen-bond donors (Lipinski definition) is 0. The summed E-state index contributed by atoms with van der Waals surface area (Å²) in [6, 6.07) is 0. The zero-order chi connectivity index (χ0) is 11.9. The van der Waals surface area contributed by atoms with Crippen molar-refractivity contribution in [3.8, 4) is 0 Å². The molecule has 0 spiro atoms. The molecule has 0 saturated heterocycles. The SMILES string of the molecule is O=C(COC1CCCCCC1)C1CCCCC1. The fourth-order valence-electron chi connectivity index (χ4n) is 3.15. The first kappa shape index (κ1) is 13.1. The Kier molecular flexibility index (Phi) is 5.50. The average molecular weight is 238 g/mol. The summed E-state index contributed by atoms with van der Waals surface area (Å²) in [7, 11) is 0. The van der Waals surface area contributed by atoms with E-state index < -0.39 is 0 Å². The molecule has 0 atom stereocenters. The van der Waals surface area contributed by atoms with Gasteiger partial charge in [0.15, 0.2) is 5.78 Å². The molecular formula is C15H26O2. The molecule has 0 amide bonds. The Bertz CT molecular complexity index is 223. The molecule has 2 saturated carbocycles. The van der Waals surface area contributed by atoms with E-state index in [-0.39, 0.29) is 0 Å². The minimum atomic E-state index is 0.314. The van der Waals surface area contributed by atoms with Crippen LogP contribution in [0.2, 0.25) is 0 Å². The van der Waals surface area contributed by atoms with E-state index in [1.54, 1.807) is 0 Å². The van der Waals surface area contributed by atoms with Crippen LogP contribution in [-0.4, -0.2) is 18.5 Å². The second kappa shape index (κ2) is 7.15. The van der Waals surface area contributed by atoms with Gasteiger partial charge in [-0.2, -0.15) is 0 Å². The highest BCUT2D eigenvalue weighted by Crippen LogP contribution is 2.25. The highest BCUT2D eigenvalue weighted by molar-refractivity contribution is 5.82. The van der Waals surface area contributed by atoms with Crippen LogP contribution in [0.25, 0.3) is 0 Å². The number of ether oxygens (including phenoxy) is 1. The third-order valence-corrected chi connectivity index (χ3v) is 4.32. The predicted molar refractivity (Wildman–Crippen MR) is 69.0 cm³/mol. The lowest BCUT2D eigenvalue weighted by Crippen LogP contribution is -2.25. The maximum atomic E-state index is 12.0. The Hall–Kier alpha value is -0.370. The summed E-state index contributed by atoms with van der Waals surface area (Å²) in [6.07, 6.45) is 13.9. The van der Waals surface area contributed by atoms with Crippen LogP contribution in [0, 0.1) is 5.92 Å². The van der Waals surface area contributed by atoms with Gasteiger partial charge in [-0.15, -0.1) is 0 Å². The van der Waals surface area contributed by atoms with E-state index in [2.05, 4.69) is 0 Å². The first-order valence-electron chi connectivity index (χ1n) is 7.50. The molecule has 0 radical (unpaired) electrons. The van der Waals surface area contributed by atoms with Crippen molar-refractivity contribution in [1.82, 2.24) is 0 Å². The lowest BCUT2D eigenvalue weighted by atomic mass is 9.86. The maximum Gasteiger partial charge on any atom is 0.161 e. The van der Waals surface area contributed by atoms with Gasteiger partial charge in [-0.1, -0.05) is 44.9 Å². The van der Waals surface area contributed by atoms with Crippen molar-refractivity contribution in [2.24, 2.45) is 5.92 Å². The Morgan fingerprint density at radius 3 is 2.00 bits per heavy atom. The molecule has 0 aromatic carbocycles. The highest BCUT2D eigenvalue weighted by atomic mass is 16.5. The highest BCUT2D eigenvalue weighted by Gasteiger charge is 2.22. The van der Waals surface area contributed by atoms with Crippen molar-refractivity contribution >= 4 is 5.78 Å². The monoisotopic (exact) mass is 238 g/mol. The maximum absolute atomic E-state index is 12.0. The topological polar surface area (TPSA) is 26.3 Å². The van der Waals surface area contributed by atoms with E-state index >= 15 is 0 Å². The van der Waals surface area contributed by atoms with Crippen LogP contribution in [0.1, 0.15) is 70.6 Å². The molecule has 2 nitrogen and oxygen atoms in total. The third-order valence-electron chi connectivity index (χ3n) is 4.32. The van der Waals surface area contributed by atoms with Crippen LogP contribution < -0.4 is 0 Å². The molecule has 0 aromatic rings. The van der Waals surface area contributed by atoms with Gasteiger partial charge in [0.25, 0.3) is 0 Å². The molecule has 2 heteroatoms. The number of hydrogen-bond acceptors (Lipinski definition) is 2. The van der Waals surface area contributed by atoms with Gasteiger partial charge in [0.2, 0.25) is 0 Å². The number of Topliss-reactive ketones (excluding diaryl/α,β-unsaturated/α-hetero) is 1. The third kappa shape index (κ3) is 4.42. The Morgan fingerprint density at radius 1 is 0.824 bits per heavy atom. The molecule has 0 N–H and O–H groups in total. The largest absolute Gasteiger partial charge is 0.370 e. The fourth-order valence-corrected chi connectivity index (χ4v) is 3.15. The number of carbonyl (C=O) groups is 1. The summed E-state index contributed by atoms with van der Waals surface area (Å²) in [5.74, 6) is 0.684. The van der Waals surface area contributed by atoms with Gasteiger partial charge >= 0.3 is 0 Å². The van der Waals surface area contributed by atoms with Crippen LogP contribution in [-0.2, 0) is 9.53 Å². The summed E-state index contributed by atoms with van der Waals surface area (Å²) in [6.45, 7) is 0.384. The van der Waals surface area contributed by atoms with Crippen LogP contribution in [0.15, 0.2) is 0 Å². The van der Waals surface area contributed by atoms with E-state index in [4.69, 9.17) is 4.74 Å². The smallest absolute Gasteiger partial charge is 0.161 e. The minimum Gasteiger partial charge on any atom is -0.370 e. The second-order valence-electron chi connectivity index (χ2n) is 5.73. The standard InChI is InChI=1S/C15H26O2/c16-15(13-8-4-3-5-9-13)12-17-14-10-6-1-2-7-11-14/h13-14H,1-12H2. The van der Waals surface area contributed by atoms with E-state index in [1.807, 2.05) is 0 Å². The molecule has 0 aromatic heterocycles. The van der Waals surface area contributed by atoms with Gasteiger partial charge in [0.1, 0.15) is 6.61 Å². The molecule has 2 aliphatic carbocycles. The first-order valence-corrected chi connectivity index (χ1v) is 7.50. The zero-order valence-corrected chi connectivity index (χ0v) is 11.0. The van der Waals surface area contributed by atoms with Crippen molar-refractivity contribution < 1.29 is 9.53 Å². The first-order chi connectivity index (χ1) is 8.36. The summed E-state index contributed by atoms with van der Waals surface area (Å²) in [4.78, 5) is 12.0. The lowest BCUT2D eigenvalue weighted by molar-refractivity contribution is -0.130. The van der Waals surface area contributed by atoms with E-state index in [1.165, 1.54) is 44.9 Å². The van der Waals surface area contributed by atoms with Gasteiger partial charge < -0.3 is 4.74 Å². The molecule has 0 heterocycles. The van der Waals surface area contributed by atoms with Crippen molar-refractivity contribution in [1.29, 1.82) is 0 Å². The van der Waals surface area contributed by atoms with E-state index in [0.717, 1.165) is 25.7 Å². The Morgan fingerprint density at radius 2 is 1.35 bits per heavy atom.